The van der Waals surface area contributed by atoms with Crippen molar-refractivity contribution in [2.45, 2.75) is 226 Å². The average molecular weight is 861 g/mol. The number of esters is 3. The number of carbonyl (C=O) groups is 3. The van der Waals surface area contributed by atoms with Crippen molar-refractivity contribution in [2.24, 2.45) is 0 Å². The van der Waals surface area contributed by atoms with Crippen LogP contribution in [0.2, 0.25) is 0 Å². The molecule has 0 heterocycles. The lowest BCUT2D eigenvalue weighted by molar-refractivity contribution is -0.166. The minimum Gasteiger partial charge on any atom is -0.462 e. The number of carbonyl (C=O) groups excluding carboxylic acids is 3. The van der Waals surface area contributed by atoms with E-state index in [0.717, 1.165) is 96.3 Å². The molecule has 0 aliphatic rings. The third-order valence-corrected chi connectivity index (χ3v) is 10.3. The summed E-state index contributed by atoms with van der Waals surface area (Å²) in [5.74, 6) is -1.02. The largest absolute Gasteiger partial charge is 0.462 e. The van der Waals surface area contributed by atoms with Gasteiger partial charge in [0.15, 0.2) is 6.10 Å². The van der Waals surface area contributed by atoms with E-state index in [-0.39, 0.29) is 31.6 Å². The zero-order chi connectivity index (χ0) is 45.1. The zero-order valence-corrected chi connectivity index (χ0v) is 40.1. The lowest BCUT2D eigenvalue weighted by Crippen LogP contribution is -2.30. The second-order valence-electron chi connectivity index (χ2n) is 16.3. The quantitative estimate of drug-likeness (QED) is 0.0263. The Balaban J connectivity index is 4.51. The number of ether oxygens (including phenoxy) is 3. The van der Waals surface area contributed by atoms with Gasteiger partial charge in [-0.2, -0.15) is 0 Å². The summed E-state index contributed by atoms with van der Waals surface area (Å²) in [6.45, 7) is 6.37. The Labute approximate surface area is 381 Å². The minimum atomic E-state index is -0.823. The summed E-state index contributed by atoms with van der Waals surface area (Å²) in [6, 6.07) is 0. The van der Waals surface area contributed by atoms with Gasteiger partial charge in [-0.3, -0.25) is 14.4 Å². The van der Waals surface area contributed by atoms with Crippen molar-refractivity contribution in [1.29, 1.82) is 0 Å². The van der Waals surface area contributed by atoms with Gasteiger partial charge < -0.3 is 14.2 Å². The molecule has 1 unspecified atom stereocenters. The molecule has 0 N–H and O–H groups in total. The topological polar surface area (TPSA) is 78.9 Å². The SMILES string of the molecule is CC/C=C\C/C=C\C/C=C\C/C=C\C/C=C\CCC(=O)OC(COC(=O)CCCCCCC/C=C\CCCC)COC(=O)CCCCCCCCC/C=C\C/C=C\CCCCC. The summed E-state index contributed by atoms with van der Waals surface area (Å²) < 4.78 is 16.7. The van der Waals surface area contributed by atoms with E-state index in [0.29, 0.717) is 19.3 Å². The summed E-state index contributed by atoms with van der Waals surface area (Å²) in [5.41, 5.74) is 0. The van der Waals surface area contributed by atoms with Gasteiger partial charge in [0.05, 0.1) is 0 Å². The lowest BCUT2D eigenvalue weighted by atomic mass is 10.1. The summed E-state index contributed by atoms with van der Waals surface area (Å²) in [6.07, 6.45) is 65.4. The van der Waals surface area contributed by atoms with Crippen molar-refractivity contribution < 1.29 is 28.6 Å². The van der Waals surface area contributed by atoms with E-state index < -0.39 is 12.1 Å². The first-order chi connectivity index (χ1) is 30.5. The van der Waals surface area contributed by atoms with E-state index in [1.54, 1.807) is 0 Å². The predicted octanol–water partition coefficient (Wildman–Crippen LogP) is 16.6. The van der Waals surface area contributed by atoms with Crippen molar-refractivity contribution in [3.63, 3.8) is 0 Å². The van der Waals surface area contributed by atoms with Crippen LogP contribution in [-0.2, 0) is 28.6 Å². The van der Waals surface area contributed by atoms with Gasteiger partial charge in [0, 0.05) is 19.3 Å². The van der Waals surface area contributed by atoms with Crippen molar-refractivity contribution in [1.82, 2.24) is 0 Å². The number of unbranched alkanes of at least 4 members (excludes halogenated alkanes) is 17. The van der Waals surface area contributed by atoms with Gasteiger partial charge in [-0.05, 0) is 103 Å². The van der Waals surface area contributed by atoms with Gasteiger partial charge in [-0.1, -0.05) is 195 Å². The minimum absolute atomic E-state index is 0.115. The molecule has 0 rings (SSSR count). The Morgan fingerprint density at radius 3 is 1.11 bits per heavy atom. The second kappa shape index (κ2) is 50.0. The molecule has 6 nitrogen and oxygen atoms in total. The van der Waals surface area contributed by atoms with Gasteiger partial charge in [0.1, 0.15) is 13.2 Å². The van der Waals surface area contributed by atoms with Crippen LogP contribution in [0.3, 0.4) is 0 Å². The maximum Gasteiger partial charge on any atom is 0.306 e. The van der Waals surface area contributed by atoms with Crippen LogP contribution in [-0.4, -0.2) is 37.2 Å². The van der Waals surface area contributed by atoms with Gasteiger partial charge in [0.25, 0.3) is 0 Å². The highest BCUT2D eigenvalue weighted by Crippen LogP contribution is 2.13. The summed E-state index contributed by atoms with van der Waals surface area (Å²) in [5, 5.41) is 0. The first-order valence-corrected chi connectivity index (χ1v) is 25.2. The molecule has 0 fully saturated rings. The Morgan fingerprint density at radius 1 is 0.339 bits per heavy atom. The molecule has 62 heavy (non-hydrogen) atoms. The van der Waals surface area contributed by atoms with Crippen LogP contribution in [0.25, 0.3) is 0 Å². The Kier molecular flexibility index (Phi) is 47.0. The Morgan fingerprint density at radius 2 is 0.677 bits per heavy atom. The van der Waals surface area contributed by atoms with Gasteiger partial charge in [-0.15, -0.1) is 0 Å². The molecule has 0 bridgehead atoms. The molecule has 0 aromatic rings. The molecular formula is C56H92O6. The number of hydrogen-bond acceptors (Lipinski definition) is 6. The monoisotopic (exact) mass is 861 g/mol. The van der Waals surface area contributed by atoms with Crippen molar-refractivity contribution >= 4 is 17.9 Å². The summed E-state index contributed by atoms with van der Waals surface area (Å²) in [4.78, 5) is 37.9. The fraction of sp³-hybridized carbons (Fsp3) is 0.661. The molecule has 0 saturated heterocycles. The van der Waals surface area contributed by atoms with E-state index >= 15 is 0 Å². The zero-order valence-electron chi connectivity index (χ0n) is 40.1. The molecule has 1 atom stereocenters. The van der Waals surface area contributed by atoms with E-state index in [4.69, 9.17) is 14.2 Å². The van der Waals surface area contributed by atoms with Crippen molar-refractivity contribution in [3.05, 3.63) is 97.2 Å². The molecule has 0 aromatic carbocycles. The molecule has 0 aliphatic carbocycles. The molecule has 352 valence electrons. The molecule has 0 saturated carbocycles. The maximum atomic E-state index is 12.7. The van der Waals surface area contributed by atoms with Gasteiger partial charge >= 0.3 is 17.9 Å². The average Bonchev–Trinajstić information content (AvgIpc) is 3.27. The number of hydrogen-bond donors (Lipinski definition) is 0. The van der Waals surface area contributed by atoms with Gasteiger partial charge in [-0.25, -0.2) is 0 Å². The second-order valence-corrected chi connectivity index (χ2v) is 16.3. The van der Waals surface area contributed by atoms with E-state index in [1.807, 2.05) is 12.2 Å². The van der Waals surface area contributed by atoms with E-state index in [9.17, 15) is 14.4 Å². The van der Waals surface area contributed by atoms with Crippen LogP contribution in [0, 0.1) is 0 Å². The number of allylic oxidation sites excluding steroid dienone is 16. The maximum absolute atomic E-state index is 12.7. The number of rotatable bonds is 44. The third-order valence-electron chi connectivity index (χ3n) is 10.3. The van der Waals surface area contributed by atoms with Crippen LogP contribution < -0.4 is 0 Å². The Bertz CT molecular complexity index is 1260. The molecular weight excluding hydrogens is 769 g/mol. The molecule has 0 radical (unpaired) electrons. The highest BCUT2D eigenvalue weighted by molar-refractivity contribution is 5.71. The summed E-state index contributed by atoms with van der Waals surface area (Å²) >= 11 is 0. The van der Waals surface area contributed by atoms with Crippen molar-refractivity contribution in [2.75, 3.05) is 13.2 Å². The lowest BCUT2D eigenvalue weighted by Gasteiger charge is -2.18. The summed E-state index contributed by atoms with van der Waals surface area (Å²) in [7, 11) is 0. The van der Waals surface area contributed by atoms with Crippen LogP contribution in [0.1, 0.15) is 220 Å². The van der Waals surface area contributed by atoms with Crippen LogP contribution in [0.15, 0.2) is 97.2 Å². The first kappa shape index (κ1) is 58.3. The van der Waals surface area contributed by atoms with Gasteiger partial charge in [0.2, 0.25) is 0 Å². The Hall–Kier alpha value is -3.67. The molecule has 0 amide bonds. The highest BCUT2D eigenvalue weighted by atomic mass is 16.6. The first-order valence-electron chi connectivity index (χ1n) is 25.2. The van der Waals surface area contributed by atoms with Crippen LogP contribution in [0.5, 0.6) is 0 Å². The third kappa shape index (κ3) is 47.4. The fourth-order valence-corrected chi connectivity index (χ4v) is 6.50. The molecule has 0 aliphatic heterocycles. The fourth-order valence-electron chi connectivity index (χ4n) is 6.50. The smallest absolute Gasteiger partial charge is 0.306 e. The van der Waals surface area contributed by atoms with Crippen molar-refractivity contribution in [3.8, 4) is 0 Å². The normalized spacial score (nSPS) is 12.9. The van der Waals surface area contributed by atoms with Crippen LogP contribution >= 0.6 is 0 Å². The molecule has 0 spiro atoms. The van der Waals surface area contributed by atoms with Crippen LogP contribution in [0.4, 0.5) is 0 Å². The predicted molar refractivity (Wildman–Crippen MR) is 265 cm³/mol. The molecule has 6 heteroatoms. The van der Waals surface area contributed by atoms with E-state index in [2.05, 4.69) is 106 Å². The molecule has 0 aromatic heterocycles. The standard InChI is InChI=1S/C56H92O6/c1-4-7-10-13-16-19-22-24-26-28-30-31-34-37-40-43-46-49-55(58)61-52-53(51-60-54(57)48-45-42-39-36-33-21-18-15-12-9-6-3)62-56(59)50-47-44-41-38-35-32-29-27-25-23-20-17-14-11-8-5-2/h8,11,15-20,24-27,32,35,41,44,53H,4-7,9-10,12-14,21-23,28-31,33-34,36-40,42-43,45-52H2,1-3H3/b11-8-,18-15-,19-16-,20-17-,26-24-,27-25-,35-32-,44-41-. The van der Waals surface area contributed by atoms with E-state index in [1.165, 1.54) is 77.0 Å². The highest BCUT2D eigenvalue weighted by Gasteiger charge is 2.19.